The van der Waals surface area contributed by atoms with Gasteiger partial charge in [-0.05, 0) is 36.8 Å². The number of nitrogens with zero attached hydrogens (tertiary/aromatic N) is 4. The molecule has 0 spiro atoms. The van der Waals surface area contributed by atoms with Gasteiger partial charge in [0.05, 0.1) is 17.9 Å². The van der Waals surface area contributed by atoms with Gasteiger partial charge < -0.3 is 0 Å². The molecule has 0 fully saturated rings. The first kappa shape index (κ1) is 16.2. The van der Waals surface area contributed by atoms with Crippen LogP contribution in [0.1, 0.15) is 12.5 Å². The number of aromatic nitrogens is 3. The summed E-state index contributed by atoms with van der Waals surface area (Å²) in [7, 11) is 0. The molecule has 1 unspecified atom stereocenters. The van der Waals surface area contributed by atoms with Gasteiger partial charge in [0.15, 0.2) is 11.0 Å². The summed E-state index contributed by atoms with van der Waals surface area (Å²) in [6.07, 6.45) is 0. The number of nitriles is 1. The summed E-state index contributed by atoms with van der Waals surface area (Å²) in [6.45, 7) is 2.41. The molecule has 3 aromatic rings. The average Bonchev–Trinajstić information content (AvgIpc) is 2.99. The summed E-state index contributed by atoms with van der Waals surface area (Å²) in [5, 5.41) is 18.0. The number of halogens is 1. The highest BCUT2D eigenvalue weighted by Crippen LogP contribution is 2.27. The molecule has 24 heavy (non-hydrogen) atoms. The third kappa shape index (κ3) is 3.63. The highest BCUT2D eigenvalue weighted by molar-refractivity contribution is 8.00. The molecule has 0 aliphatic carbocycles. The van der Waals surface area contributed by atoms with Gasteiger partial charge in [0, 0.05) is 5.56 Å². The summed E-state index contributed by atoms with van der Waals surface area (Å²) < 4.78 is 15.1. The molecule has 0 N–H and O–H groups in total. The maximum Gasteiger partial charge on any atom is 0.193 e. The van der Waals surface area contributed by atoms with E-state index in [0.717, 1.165) is 11.1 Å². The van der Waals surface area contributed by atoms with Gasteiger partial charge in [-0.2, -0.15) is 5.26 Å². The Bertz CT molecular complexity index is 853. The Labute approximate surface area is 144 Å². The summed E-state index contributed by atoms with van der Waals surface area (Å²) in [4.78, 5) is 0. The van der Waals surface area contributed by atoms with Gasteiger partial charge in [-0.3, -0.25) is 4.57 Å². The summed E-state index contributed by atoms with van der Waals surface area (Å²) in [6, 6.07) is 18.3. The molecule has 0 saturated heterocycles. The van der Waals surface area contributed by atoms with Crippen LogP contribution in [0.3, 0.4) is 0 Å². The second-order valence-corrected chi connectivity index (χ2v) is 6.58. The van der Waals surface area contributed by atoms with E-state index in [0.29, 0.717) is 17.5 Å². The first-order valence-electron chi connectivity index (χ1n) is 7.46. The first-order valence-corrected chi connectivity index (χ1v) is 8.34. The molecule has 0 aliphatic heterocycles. The molecule has 0 saturated carbocycles. The Balaban J connectivity index is 2.02. The number of thioether (sulfide) groups is 1. The van der Waals surface area contributed by atoms with E-state index >= 15 is 0 Å². The standard InChI is InChI=1S/C18H15FN4S/c1-13(11-20)24-18-22-21-17(15-7-9-16(19)10-8-15)23(18)12-14-5-3-2-4-6-14/h2-10,13H,12H2,1H3. The van der Waals surface area contributed by atoms with Gasteiger partial charge in [-0.15, -0.1) is 10.2 Å². The number of hydrogen-bond donors (Lipinski definition) is 0. The molecule has 1 heterocycles. The Morgan fingerprint density at radius 3 is 2.50 bits per heavy atom. The topological polar surface area (TPSA) is 54.5 Å². The van der Waals surface area contributed by atoms with E-state index in [1.165, 1.54) is 23.9 Å². The van der Waals surface area contributed by atoms with E-state index in [2.05, 4.69) is 16.3 Å². The van der Waals surface area contributed by atoms with Crippen LogP contribution >= 0.6 is 11.8 Å². The predicted octanol–water partition coefficient (Wildman–Crippen LogP) is 4.14. The molecule has 0 amide bonds. The van der Waals surface area contributed by atoms with E-state index in [-0.39, 0.29) is 11.1 Å². The highest BCUT2D eigenvalue weighted by Gasteiger charge is 2.17. The fraction of sp³-hybridized carbons (Fsp3) is 0.167. The summed E-state index contributed by atoms with van der Waals surface area (Å²) in [5.41, 5.74) is 1.89. The molecule has 2 aromatic carbocycles. The van der Waals surface area contributed by atoms with Gasteiger partial charge in [0.25, 0.3) is 0 Å². The van der Waals surface area contributed by atoms with Gasteiger partial charge in [-0.1, -0.05) is 42.1 Å². The number of hydrogen-bond acceptors (Lipinski definition) is 4. The molecule has 0 radical (unpaired) electrons. The van der Waals surface area contributed by atoms with Crippen molar-refractivity contribution in [3.05, 3.63) is 66.0 Å². The fourth-order valence-corrected chi connectivity index (χ4v) is 3.02. The minimum atomic E-state index is -0.291. The second kappa shape index (κ2) is 7.28. The Morgan fingerprint density at radius 1 is 1.12 bits per heavy atom. The van der Waals surface area contributed by atoms with Crippen molar-refractivity contribution in [3.8, 4) is 17.5 Å². The maximum absolute atomic E-state index is 13.2. The molecule has 0 bridgehead atoms. The van der Waals surface area contributed by atoms with Crippen molar-refractivity contribution in [2.45, 2.75) is 23.9 Å². The highest BCUT2D eigenvalue weighted by atomic mass is 32.2. The molecule has 120 valence electrons. The molecule has 1 atom stereocenters. The van der Waals surface area contributed by atoms with Crippen molar-refractivity contribution < 1.29 is 4.39 Å². The fourth-order valence-electron chi connectivity index (χ4n) is 2.28. The van der Waals surface area contributed by atoms with E-state index in [9.17, 15) is 4.39 Å². The molecular formula is C18H15FN4S. The van der Waals surface area contributed by atoms with E-state index in [1.807, 2.05) is 41.8 Å². The van der Waals surface area contributed by atoms with Crippen LogP contribution in [0.5, 0.6) is 0 Å². The van der Waals surface area contributed by atoms with Crippen LogP contribution in [-0.4, -0.2) is 20.0 Å². The molecular weight excluding hydrogens is 323 g/mol. The van der Waals surface area contributed by atoms with E-state index in [1.54, 1.807) is 12.1 Å². The lowest BCUT2D eigenvalue weighted by Gasteiger charge is -2.11. The quantitative estimate of drug-likeness (QED) is 0.656. The molecule has 3 rings (SSSR count). The van der Waals surface area contributed by atoms with Gasteiger partial charge in [0.2, 0.25) is 0 Å². The minimum absolute atomic E-state index is 0.232. The molecule has 1 aromatic heterocycles. The summed E-state index contributed by atoms with van der Waals surface area (Å²) in [5.74, 6) is 0.368. The van der Waals surface area contributed by atoms with Crippen LogP contribution in [0.15, 0.2) is 59.8 Å². The van der Waals surface area contributed by atoms with Crippen LogP contribution in [0.25, 0.3) is 11.4 Å². The van der Waals surface area contributed by atoms with Gasteiger partial charge >= 0.3 is 0 Å². The second-order valence-electron chi connectivity index (χ2n) is 5.27. The SMILES string of the molecule is CC(C#N)Sc1nnc(-c2ccc(F)cc2)n1Cc1ccccc1. The largest absolute Gasteiger partial charge is 0.298 e. The van der Waals surface area contributed by atoms with Crippen molar-refractivity contribution >= 4 is 11.8 Å². The molecule has 0 aliphatic rings. The van der Waals surface area contributed by atoms with Crippen LogP contribution in [0.2, 0.25) is 0 Å². The molecule has 4 nitrogen and oxygen atoms in total. The van der Waals surface area contributed by atoms with Crippen molar-refractivity contribution in [1.82, 2.24) is 14.8 Å². The number of rotatable bonds is 5. The minimum Gasteiger partial charge on any atom is -0.298 e. The van der Waals surface area contributed by atoms with Crippen LogP contribution in [0, 0.1) is 17.1 Å². The van der Waals surface area contributed by atoms with Crippen molar-refractivity contribution in [2.75, 3.05) is 0 Å². The Morgan fingerprint density at radius 2 is 1.83 bits per heavy atom. The lowest BCUT2D eigenvalue weighted by molar-refractivity contribution is 0.628. The van der Waals surface area contributed by atoms with Crippen LogP contribution in [0.4, 0.5) is 4.39 Å². The van der Waals surface area contributed by atoms with Crippen LogP contribution < -0.4 is 0 Å². The molecule has 6 heteroatoms. The van der Waals surface area contributed by atoms with Gasteiger partial charge in [-0.25, -0.2) is 4.39 Å². The van der Waals surface area contributed by atoms with Crippen molar-refractivity contribution in [1.29, 1.82) is 5.26 Å². The van der Waals surface area contributed by atoms with Crippen molar-refractivity contribution in [2.24, 2.45) is 0 Å². The predicted molar refractivity (Wildman–Crippen MR) is 91.9 cm³/mol. The Kier molecular flexibility index (Phi) is 4.92. The van der Waals surface area contributed by atoms with Crippen LogP contribution in [-0.2, 0) is 6.54 Å². The third-order valence-electron chi connectivity index (χ3n) is 3.47. The summed E-state index contributed by atoms with van der Waals surface area (Å²) >= 11 is 1.36. The lowest BCUT2D eigenvalue weighted by atomic mass is 10.2. The van der Waals surface area contributed by atoms with E-state index < -0.39 is 0 Å². The number of benzene rings is 2. The zero-order chi connectivity index (χ0) is 16.9. The third-order valence-corrected chi connectivity index (χ3v) is 4.44. The Hall–Kier alpha value is -2.65. The smallest absolute Gasteiger partial charge is 0.193 e. The monoisotopic (exact) mass is 338 g/mol. The lowest BCUT2D eigenvalue weighted by Crippen LogP contribution is -2.05. The zero-order valence-corrected chi connectivity index (χ0v) is 13.9. The average molecular weight is 338 g/mol. The van der Waals surface area contributed by atoms with Crippen molar-refractivity contribution in [3.63, 3.8) is 0 Å². The normalized spacial score (nSPS) is 11.9. The van der Waals surface area contributed by atoms with Gasteiger partial charge in [0.1, 0.15) is 5.82 Å². The zero-order valence-electron chi connectivity index (χ0n) is 13.1. The first-order chi connectivity index (χ1) is 11.7. The van der Waals surface area contributed by atoms with E-state index in [4.69, 9.17) is 5.26 Å². The maximum atomic E-state index is 13.2.